The fraction of sp³-hybridized carbons (Fsp3) is 0. The van der Waals surface area contributed by atoms with Gasteiger partial charge in [0.2, 0.25) is 0 Å². The zero-order valence-electron chi connectivity index (χ0n) is 12.8. The van der Waals surface area contributed by atoms with Crippen molar-refractivity contribution in [3.63, 3.8) is 0 Å². The Kier molecular flexibility index (Phi) is 14.3. The van der Waals surface area contributed by atoms with Gasteiger partial charge < -0.3 is 29.4 Å². The van der Waals surface area contributed by atoms with Gasteiger partial charge >= 0.3 is 26.2 Å². The van der Waals surface area contributed by atoms with Crippen LogP contribution in [-0.4, -0.2) is 0 Å². The Morgan fingerprint density at radius 2 is 0.957 bits per heavy atom. The number of benzene rings is 2. The van der Waals surface area contributed by atoms with Gasteiger partial charge in [-0.3, -0.25) is 0 Å². The van der Waals surface area contributed by atoms with Crippen molar-refractivity contribution >= 4 is 21.5 Å². The molecule has 0 amide bonds. The summed E-state index contributed by atoms with van der Waals surface area (Å²) in [7, 11) is 0. The summed E-state index contributed by atoms with van der Waals surface area (Å²) in [6, 6.07) is 29.3. The summed E-state index contributed by atoms with van der Waals surface area (Å²) >= 11 is 0. The fourth-order valence-electron chi connectivity index (χ4n) is 2.14. The number of hydrogen-bond acceptors (Lipinski definition) is 0. The Bertz CT molecular complexity index is 647. The van der Waals surface area contributed by atoms with E-state index in [-0.39, 0.29) is 55.6 Å². The first kappa shape index (κ1) is 24.3. The first-order chi connectivity index (χ1) is 9.93. The van der Waals surface area contributed by atoms with Crippen LogP contribution in [0.2, 0.25) is 0 Å². The van der Waals surface area contributed by atoms with E-state index in [1.54, 1.807) is 0 Å². The van der Waals surface area contributed by atoms with Gasteiger partial charge in [-0.25, -0.2) is 0 Å². The molecule has 118 valence electrons. The molecule has 0 atom stereocenters. The SMILES string of the molecule is C=C.[Br-].[Cl-].[Zr+2].c1ccc2[cH-]ccc2c1.c1ccc2[cH-]ccc2c1. The Balaban J connectivity index is 0. The van der Waals surface area contributed by atoms with Crippen LogP contribution >= 0.6 is 0 Å². The van der Waals surface area contributed by atoms with Crippen LogP contribution in [0, 0.1) is 0 Å². The summed E-state index contributed by atoms with van der Waals surface area (Å²) in [5.41, 5.74) is 0. The Morgan fingerprint density at radius 3 is 1.30 bits per heavy atom. The molecule has 0 nitrogen and oxygen atoms in total. The van der Waals surface area contributed by atoms with Crippen molar-refractivity contribution in [2.75, 3.05) is 0 Å². The van der Waals surface area contributed by atoms with Gasteiger partial charge in [0.1, 0.15) is 0 Å². The summed E-state index contributed by atoms with van der Waals surface area (Å²) in [5, 5.41) is 5.32. The molecule has 23 heavy (non-hydrogen) atoms. The normalized spacial score (nSPS) is 8.17. The smallest absolute Gasteiger partial charge is 1.00 e. The largest absolute Gasteiger partial charge is 2.00 e. The topological polar surface area (TPSA) is 0 Å². The van der Waals surface area contributed by atoms with Gasteiger partial charge in [-0.15, -0.1) is 72.5 Å². The molecule has 0 aliphatic rings. The summed E-state index contributed by atoms with van der Waals surface area (Å²) in [4.78, 5) is 0. The van der Waals surface area contributed by atoms with Gasteiger partial charge in [0.05, 0.1) is 0 Å². The number of halogens is 2. The Hall–Kier alpha value is -0.947. The minimum absolute atomic E-state index is 0. The van der Waals surface area contributed by atoms with E-state index < -0.39 is 0 Å². The number of fused-ring (bicyclic) bond motifs is 2. The first-order valence-electron chi connectivity index (χ1n) is 6.64. The van der Waals surface area contributed by atoms with Crippen molar-refractivity contribution in [1.82, 2.24) is 0 Å². The molecule has 0 saturated carbocycles. The van der Waals surface area contributed by atoms with Gasteiger partial charge in [-0.2, -0.15) is 35.0 Å². The Labute approximate surface area is 174 Å². The van der Waals surface area contributed by atoms with E-state index in [9.17, 15) is 0 Å². The molecule has 0 aromatic heterocycles. The van der Waals surface area contributed by atoms with Crippen molar-refractivity contribution < 1.29 is 55.6 Å². The molecule has 0 fully saturated rings. The van der Waals surface area contributed by atoms with Crippen LogP contribution in [0.15, 0.2) is 98.1 Å². The second-order valence-electron chi connectivity index (χ2n) is 4.31. The molecule has 4 rings (SSSR count). The average molecular weight is 465 g/mol. The van der Waals surface area contributed by atoms with Crippen LogP contribution in [0.1, 0.15) is 0 Å². The van der Waals surface area contributed by atoms with Crippen LogP contribution in [0.4, 0.5) is 0 Å². The van der Waals surface area contributed by atoms with Gasteiger partial charge in [0, 0.05) is 0 Å². The van der Waals surface area contributed by atoms with Crippen LogP contribution in [0.3, 0.4) is 0 Å². The zero-order valence-corrected chi connectivity index (χ0v) is 17.6. The third kappa shape index (κ3) is 7.00. The molecule has 3 heteroatoms. The summed E-state index contributed by atoms with van der Waals surface area (Å²) in [6.07, 6.45) is 0. The molecule has 4 aromatic rings. The standard InChI is InChI=1S/2C9H7.C2H4.BrH.ClH.Zr/c2*1-2-5-9-7-3-6-8(9)4-1;1-2;;;/h2*1-7H;1-2H2;2*1H;/q2*-1;;;;+2/p-2. The summed E-state index contributed by atoms with van der Waals surface area (Å²) < 4.78 is 0. The van der Waals surface area contributed by atoms with E-state index in [4.69, 9.17) is 0 Å². The summed E-state index contributed by atoms with van der Waals surface area (Å²) in [5.74, 6) is 0. The molecule has 0 bridgehead atoms. The van der Waals surface area contributed by atoms with Crippen LogP contribution < -0.4 is 29.4 Å². The van der Waals surface area contributed by atoms with E-state index in [0.29, 0.717) is 0 Å². The average Bonchev–Trinajstić information content (AvgIpc) is 3.18. The van der Waals surface area contributed by atoms with Gasteiger partial charge in [-0.05, 0) is 0 Å². The monoisotopic (exact) mass is 462 g/mol. The molecule has 0 radical (unpaired) electrons. The van der Waals surface area contributed by atoms with Crippen molar-refractivity contribution in [2.24, 2.45) is 0 Å². The van der Waals surface area contributed by atoms with Crippen molar-refractivity contribution in [2.45, 2.75) is 0 Å². The first-order valence-corrected chi connectivity index (χ1v) is 6.64. The predicted molar refractivity (Wildman–Crippen MR) is 90.3 cm³/mol. The van der Waals surface area contributed by atoms with Gasteiger partial charge in [-0.1, -0.05) is 12.1 Å². The third-order valence-electron chi connectivity index (χ3n) is 3.10. The van der Waals surface area contributed by atoms with Crippen LogP contribution in [-0.2, 0) is 26.2 Å². The Morgan fingerprint density at radius 1 is 0.609 bits per heavy atom. The maximum absolute atomic E-state index is 3.00. The van der Waals surface area contributed by atoms with Crippen LogP contribution in [0.25, 0.3) is 21.5 Å². The molecule has 4 aromatic carbocycles. The van der Waals surface area contributed by atoms with E-state index in [2.05, 4.69) is 98.1 Å². The van der Waals surface area contributed by atoms with E-state index in [0.717, 1.165) is 0 Å². The molecule has 0 spiro atoms. The molecule has 0 heterocycles. The zero-order chi connectivity index (χ0) is 14.2. The molecular formula is C20H18BrClZr-2. The van der Waals surface area contributed by atoms with Gasteiger partial charge in [0.15, 0.2) is 0 Å². The van der Waals surface area contributed by atoms with E-state index in [1.807, 2.05) is 0 Å². The maximum Gasteiger partial charge on any atom is 2.00 e. The minimum Gasteiger partial charge on any atom is -1.00 e. The second-order valence-corrected chi connectivity index (χ2v) is 4.31. The minimum atomic E-state index is 0. The third-order valence-corrected chi connectivity index (χ3v) is 3.10. The number of hydrogen-bond donors (Lipinski definition) is 0. The number of rotatable bonds is 0. The quantitative estimate of drug-likeness (QED) is 0.252. The molecule has 0 saturated heterocycles. The van der Waals surface area contributed by atoms with E-state index >= 15 is 0 Å². The summed E-state index contributed by atoms with van der Waals surface area (Å²) in [6.45, 7) is 6.00. The van der Waals surface area contributed by atoms with Crippen molar-refractivity contribution in [1.29, 1.82) is 0 Å². The van der Waals surface area contributed by atoms with Crippen molar-refractivity contribution in [3.8, 4) is 0 Å². The molecule has 0 aliphatic carbocycles. The predicted octanol–water partition coefficient (Wildman–Crippen LogP) is -0.0749. The fourth-order valence-corrected chi connectivity index (χ4v) is 2.14. The van der Waals surface area contributed by atoms with E-state index in [1.165, 1.54) is 21.5 Å². The molecule has 0 unspecified atom stereocenters. The van der Waals surface area contributed by atoms with Gasteiger partial charge in [0.25, 0.3) is 0 Å². The molecule has 0 N–H and O–H groups in total. The molecular weight excluding hydrogens is 447 g/mol. The second kappa shape index (κ2) is 13.5. The van der Waals surface area contributed by atoms with Crippen molar-refractivity contribution in [3.05, 3.63) is 98.1 Å². The van der Waals surface area contributed by atoms with Crippen LogP contribution in [0.5, 0.6) is 0 Å². The molecule has 0 aliphatic heterocycles. The maximum atomic E-state index is 3.00.